The van der Waals surface area contributed by atoms with Crippen molar-refractivity contribution in [2.45, 2.75) is 19.1 Å². The van der Waals surface area contributed by atoms with Crippen LogP contribution in [0.4, 0.5) is 17.1 Å². The standard InChI is InChI=1S/C31H23N3O7/c1-19-7-5-10-22(17-19)32-29(35)26-27(20-13-15-25(16-14-20)40-31(37)21-8-3-2-4-9-21)33(41-28(26)30(32)36)23-11-6-12-24(18-23)34(38)39/h2-18,26-28H,1H3/t26-,27-,28+/m0/s1. The Balaban J connectivity index is 1.36. The topological polar surface area (TPSA) is 119 Å². The van der Waals surface area contributed by atoms with Gasteiger partial charge in [0, 0.05) is 12.1 Å². The van der Waals surface area contributed by atoms with Crippen LogP contribution < -0.4 is 14.7 Å². The Morgan fingerprint density at radius 1 is 0.854 bits per heavy atom. The number of fused-ring (bicyclic) bond motifs is 1. The largest absolute Gasteiger partial charge is 0.423 e. The smallest absolute Gasteiger partial charge is 0.343 e. The van der Waals surface area contributed by atoms with Gasteiger partial charge in [-0.2, -0.15) is 0 Å². The van der Waals surface area contributed by atoms with E-state index >= 15 is 0 Å². The zero-order valence-corrected chi connectivity index (χ0v) is 21.7. The summed E-state index contributed by atoms with van der Waals surface area (Å²) in [6, 6.07) is 27.2. The molecule has 10 heteroatoms. The third-order valence-electron chi connectivity index (χ3n) is 7.11. The molecule has 2 aliphatic heterocycles. The summed E-state index contributed by atoms with van der Waals surface area (Å²) < 4.78 is 5.49. The molecule has 204 valence electrons. The first-order valence-electron chi connectivity index (χ1n) is 12.8. The van der Waals surface area contributed by atoms with Crippen LogP contribution in [0.25, 0.3) is 0 Å². The maximum Gasteiger partial charge on any atom is 0.343 e. The molecule has 0 aliphatic carbocycles. The number of hydrogen-bond donors (Lipinski definition) is 0. The Labute approximate surface area is 234 Å². The number of rotatable bonds is 6. The summed E-state index contributed by atoms with van der Waals surface area (Å²) in [6.07, 6.45) is -1.14. The number of aryl methyl sites for hydroxylation is 1. The number of imide groups is 1. The summed E-state index contributed by atoms with van der Waals surface area (Å²) in [5.41, 5.74) is 2.48. The fraction of sp³-hybridized carbons (Fsp3) is 0.129. The quantitative estimate of drug-likeness (QED) is 0.106. The molecule has 0 spiro atoms. The molecule has 3 atom stereocenters. The molecule has 0 bridgehead atoms. The van der Waals surface area contributed by atoms with E-state index in [0.717, 1.165) is 10.5 Å². The fourth-order valence-corrected chi connectivity index (χ4v) is 5.22. The Kier molecular flexibility index (Phi) is 6.52. The Bertz CT molecular complexity index is 1670. The average Bonchev–Trinajstić information content (AvgIpc) is 3.49. The fourth-order valence-electron chi connectivity index (χ4n) is 5.22. The molecule has 4 aromatic carbocycles. The van der Waals surface area contributed by atoms with Gasteiger partial charge < -0.3 is 4.74 Å². The van der Waals surface area contributed by atoms with Crippen molar-refractivity contribution >= 4 is 34.8 Å². The SMILES string of the molecule is Cc1cccc(N2C(=O)[C@@H]3[C@@H](ON(c4cccc([N+](=O)[O-])c4)[C@H]3c3ccc(OC(=O)c4ccccc4)cc3)C2=O)c1. The minimum absolute atomic E-state index is 0.163. The molecular weight excluding hydrogens is 526 g/mol. The van der Waals surface area contributed by atoms with Crippen LogP contribution in [0, 0.1) is 23.0 Å². The molecular formula is C31H23N3O7. The van der Waals surface area contributed by atoms with Gasteiger partial charge in [-0.1, -0.05) is 48.5 Å². The maximum atomic E-state index is 13.8. The molecule has 2 heterocycles. The van der Waals surface area contributed by atoms with Crippen molar-refractivity contribution in [3.63, 3.8) is 0 Å². The van der Waals surface area contributed by atoms with E-state index in [9.17, 15) is 24.5 Å². The molecule has 0 unspecified atom stereocenters. The van der Waals surface area contributed by atoms with E-state index in [0.29, 0.717) is 22.5 Å². The van der Waals surface area contributed by atoms with Crippen LogP contribution in [0.3, 0.4) is 0 Å². The van der Waals surface area contributed by atoms with Crippen molar-refractivity contribution in [3.8, 4) is 5.75 Å². The number of carbonyl (C=O) groups excluding carboxylic acids is 3. The van der Waals surface area contributed by atoms with Gasteiger partial charge in [0.25, 0.3) is 11.6 Å². The summed E-state index contributed by atoms with van der Waals surface area (Å²) >= 11 is 0. The summed E-state index contributed by atoms with van der Waals surface area (Å²) in [6.45, 7) is 1.87. The summed E-state index contributed by atoms with van der Waals surface area (Å²) in [5, 5.41) is 12.9. The van der Waals surface area contributed by atoms with Gasteiger partial charge in [-0.25, -0.2) is 14.8 Å². The van der Waals surface area contributed by atoms with Crippen molar-refractivity contribution in [1.29, 1.82) is 0 Å². The van der Waals surface area contributed by atoms with E-state index in [2.05, 4.69) is 0 Å². The number of hydrogen-bond acceptors (Lipinski definition) is 8. The van der Waals surface area contributed by atoms with Crippen molar-refractivity contribution in [3.05, 3.63) is 130 Å². The number of amides is 2. The first-order valence-corrected chi connectivity index (χ1v) is 12.8. The summed E-state index contributed by atoms with van der Waals surface area (Å²) in [4.78, 5) is 58.1. The normalized spacial score (nSPS) is 19.8. The first kappa shape index (κ1) is 25.9. The van der Waals surface area contributed by atoms with Crippen molar-refractivity contribution in [2.75, 3.05) is 9.96 Å². The Morgan fingerprint density at radius 3 is 2.27 bits per heavy atom. The van der Waals surface area contributed by atoms with Gasteiger partial charge in [0.05, 0.1) is 27.9 Å². The highest BCUT2D eigenvalue weighted by Crippen LogP contribution is 2.48. The summed E-state index contributed by atoms with van der Waals surface area (Å²) in [5.74, 6) is -2.12. The lowest BCUT2D eigenvalue weighted by atomic mass is 9.90. The van der Waals surface area contributed by atoms with Crippen LogP contribution in [0.5, 0.6) is 5.75 Å². The van der Waals surface area contributed by atoms with Crippen LogP contribution in [0.2, 0.25) is 0 Å². The number of non-ortho nitro benzene ring substituents is 1. The number of benzene rings is 4. The van der Waals surface area contributed by atoms with Crippen LogP contribution >= 0.6 is 0 Å². The second-order valence-electron chi connectivity index (χ2n) is 9.77. The van der Waals surface area contributed by atoms with E-state index in [4.69, 9.17) is 9.57 Å². The second kappa shape index (κ2) is 10.3. The minimum atomic E-state index is -1.14. The van der Waals surface area contributed by atoms with E-state index in [1.54, 1.807) is 78.9 Å². The van der Waals surface area contributed by atoms with Crippen molar-refractivity contribution in [2.24, 2.45) is 5.92 Å². The van der Waals surface area contributed by atoms with Gasteiger partial charge >= 0.3 is 5.97 Å². The molecule has 0 aromatic heterocycles. The highest BCUT2D eigenvalue weighted by Gasteiger charge is 2.60. The van der Waals surface area contributed by atoms with E-state index < -0.39 is 40.8 Å². The van der Waals surface area contributed by atoms with Crippen LogP contribution in [0.1, 0.15) is 27.5 Å². The number of esters is 1. The highest BCUT2D eigenvalue weighted by molar-refractivity contribution is 6.24. The predicted octanol–water partition coefficient (Wildman–Crippen LogP) is 5.17. The van der Waals surface area contributed by atoms with E-state index in [1.165, 1.54) is 23.3 Å². The van der Waals surface area contributed by atoms with Crippen molar-refractivity contribution < 1.29 is 28.9 Å². The highest BCUT2D eigenvalue weighted by atomic mass is 16.7. The monoisotopic (exact) mass is 549 g/mol. The third kappa shape index (κ3) is 4.70. The van der Waals surface area contributed by atoms with Crippen LogP contribution in [-0.2, 0) is 14.4 Å². The molecule has 6 rings (SSSR count). The average molecular weight is 550 g/mol. The molecule has 10 nitrogen and oxygen atoms in total. The number of anilines is 2. The second-order valence-corrected chi connectivity index (χ2v) is 9.77. The molecule has 4 aromatic rings. The predicted molar refractivity (Wildman–Crippen MR) is 148 cm³/mol. The molecule has 2 saturated heterocycles. The minimum Gasteiger partial charge on any atom is -0.423 e. The van der Waals surface area contributed by atoms with Crippen molar-refractivity contribution in [1.82, 2.24) is 0 Å². The number of carbonyl (C=O) groups is 3. The van der Waals surface area contributed by atoms with E-state index in [-0.39, 0.29) is 11.4 Å². The zero-order chi connectivity index (χ0) is 28.7. The molecule has 0 radical (unpaired) electrons. The number of ether oxygens (including phenoxy) is 1. The molecule has 41 heavy (non-hydrogen) atoms. The van der Waals surface area contributed by atoms with Gasteiger partial charge in [0.2, 0.25) is 5.91 Å². The molecule has 2 aliphatic rings. The van der Waals surface area contributed by atoms with Gasteiger partial charge in [-0.05, 0) is 60.5 Å². The maximum absolute atomic E-state index is 13.8. The lowest BCUT2D eigenvalue weighted by Gasteiger charge is -2.28. The lowest BCUT2D eigenvalue weighted by molar-refractivity contribution is -0.384. The van der Waals surface area contributed by atoms with Crippen LogP contribution in [-0.4, -0.2) is 28.8 Å². The number of hydroxylamine groups is 1. The summed E-state index contributed by atoms with van der Waals surface area (Å²) in [7, 11) is 0. The molecule has 2 amide bonds. The van der Waals surface area contributed by atoms with E-state index in [1.807, 2.05) is 13.0 Å². The molecule has 2 fully saturated rings. The van der Waals surface area contributed by atoms with Gasteiger partial charge in [0.15, 0.2) is 6.10 Å². The van der Waals surface area contributed by atoms with Crippen LogP contribution in [0.15, 0.2) is 103 Å². The Hall–Kier alpha value is -5.35. The number of nitro groups is 1. The molecule has 0 saturated carbocycles. The first-order chi connectivity index (χ1) is 19.8. The Morgan fingerprint density at radius 2 is 1.56 bits per heavy atom. The molecule has 0 N–H and O–H groups in total. The van der Waals surface area contributed by atoms with Gasteiger partial charge in [0.1, 0.15) is 11.7 Å². The number of nitrogens with zero attached hydrogens (tertiary/aromatic N) is 3. The zero-order valence-electron chi connectivity index (χ0n) is 21.7. The van der Waals surface area contributed by atoms with Gasteiger partial charge in [-0.15, -0.1) is 0 Å². The lowest BCUT2D eigenvalue weighted by Crippen LogP contribution is -2.37. The third-order valence-corrected chi connectivity index (χ3v) is 7.11. The number of nitro benzene ring substituents is 1. The van der Waals surface area contributed by atoms with Gasteiger partial charge in [-0.3, -0.25) is 24.5 Å².